The number of aromatic hydroxyl groups is 1. The van der Waals surface area contributed by atoms with Crippen molar-refractivity contribution in [3.8, 4) is 23.0 Å². The van der Waals surface area contributed by atoms with E-state index >= 15 is 0 Å². The van der Waals surface area contributed by atoms with Crippen LogP contribution in [0.3, 0.4) is 0 Å². The van der Waals surface area contributed by atoms with Gasteiger partial charge in [0.05, 0.1) is 6.42 Å². The summed E-state index contributed by atoms with van der Waals surface area (Å²) < 4.78 is 11.2. The molecule has 0 saturated carbocycles. The first-order valence-electron chi connectivity index (χ1n) is 9.02. The molecule has 0 saturated heterocycles. The molecule has 0 radical (unpaired) electrons. The van der Waals surface area contributed by atoms with Crippen LogP contribution in [-0.2, 0) is 11.2 Å². The zero-order chi connectivity index (χ0) is 18.8. The normalized spacial score (nSPS) is 15.7. The summed E-state index contributed by atoms with van der Waals surface area (Å²) in [7, 11) is 0. The van der Waals surface area contributed by atoms with E-state index in [9.17, 15) is 9.90 Å². The number of hydrogen-bond acceptors (Lipinski definition) is 4. The number of phenolic OH excluding ortho intramolecular Hbond substituents is 1. The Morgan fingerprint density at radius 1 is 1.00 bits per heavy atom. The van der Waals surface area contributed by atoms with Gasteiger partial charge in [0.2, 0.25) is 0 Å². The molecule has 3 aromatic carbocycles. The van der Waals surface area contributed by atoms with Crippen LogP contribution in [0.1, 0.15) is 36.0 Å². The van der Waals surface area contributed by atoms with Crippen LogP contribution in [-0.4, -0.2) is 11.1 Å². The Bertz CT molecular complexity index is 959. The van der Waals surface area contributed by atoms with Gasteiger partial charge in [-0.25, -0.2) is 0 Å². The summed E-state index contributed by atoms with van der Waals surface area (Å²) in [6.45, 7) is 2.12. The summed E-state index contributed by atoms with van der Waals surface area (Å²) in [4.78, 5) is 12.0. The van der Waals surface area contributed by atoms with Crippen molar-refractivity contribution in [1.29, 1.82) is 0 Å². The molecule has 0 spiro atoms. The fourth-order valence-electron chi connectivity index (χ4n) is 3.34. The first kappa shape index (κ1) is 17.2. The molecule has 1 atom stereocenters. The summed E-state index contributed by atoms with van der Waals surface area (Å²) in [6, 6.07) is 20.7. The maximum absolute atomic E-state index is 12.0. The van der Waals surface area contributed by atoms with Crippen LogP contribution in [0.25, 0.3) is 0 Å². The lowest BCUT2D eigenvalue weighted by Crippen LogP contribution is -2.20. The Morgan fingerprint density at radius 2 is 1.67 bits per heavy atom. The number of carbonyl (C=O) groups is 1. The second-order valence-corrected chi connectivity index (χ2v) is 6.62. The van der Waals surface area contributed by atoms with Gasteiger partial charge in [0.15, 0.2) is 0 Å². The first-order valence-corrected chi connectivity index (χ1v) is 9.02. The van der Waals surface area contributed by atoms with Crippen molar-refractivity contribution in [2.75, 3.05) is 0 Å². The van der Waals surface area contributed by atoms with Gasteiger partial charge in [0.1, 0.15) is 23.0 Å². The summed E-state index contributed by atoms with van der Waals surface area (Å²) in [5, 5.41) is 9.63. The van der Waals surface area contributed by atoms with Gasteiger partial charge in [0.25, 0.3) is 0 Å². The topological polar surface area (TPSA) is 55.8 Å². The Morgan fingerprint density at radius 3 is 2.33 bits per heavy atom. The lowest BCUT2D eigenvalue weighted by Gasteiger charge is -2.25. The molecule has 0 aliphatic carbocycles. The number of esters is 1. The van der Waals surface area contributed by atoms with E-state index < -0.39 is 0 Å². The second kappa shape index (κ2) is 7.16. The van der Waals surface area contributed by atoms with Crippen molar-refractivity contribution < 1.29 is 19.4 Å². The van der Waals surface area contributed by atoms with Crippen LogP contribution in [0.15, 0.2) is 66.7 Å². The molecule has 27 heavy (non-hydrogen) atoms. The highest BCUT2D eigenvalue weighted by Gasteiger charge is 2.28. The SMILES string of the molecule is CCc1ccc(Oc2ccc(C3CC(=O)Oc4cc(O)ccc43)cc2)cc1. The highest BCUT2D eigenvalue weighted by Crippen LogP contribution is 2.40. The highest BCUT2D eigenvalue weighted by molar-refractivity contribution is 5.78. The number of aryl methyl sites for hydroxylation is 1. The molecule has 3 aromatic rings. The maximum atomic E-state index is 12.0. The van der Waals surface area contributed by atoms with E-state index in [0.717, 1.165) is 29.0 Å². The largest absolute Gasteiger partial charge is 0.508 e. The molecular weight excluding hydrogens is 340 g/mol. The quantitative estimate of drug-likeness (QED) is 0.514. The molecule has 4 heteroatoms. The molecule has 0 amide bonds. The zero-order valence-corrected chi connectivity index (χ0v) is 15.0. The summed E-state index contributed by atoms with van der Waals surface area (Å²) >= 11 is 0. The molecule has 1 unspecified atom stereocenters. The van der Waals surface area contributed by atoms with Crippen molar-refractivity contribution in [2.45, 2.75) is 25.7 Å². The second-order valence-electron chi connectivity index (χ2n) is 6.62. The Balaban J connectivity index is 1.56. The van der Waals surface area contributed by atoms with E-state index in [1.807, 2.05) is 42.5 Å². The predicted octanol–water partition coefficient (Wildman–Crippen LogP) is 5.19. The fraction of sp³-hybridized carbons (Fsp3) is 0.174. The summed E-state index contributed by atoms with van der Waals surface area (Å²) in [5.41, 5.74) is 3.18. The van der Waals surface area contributed by atoms with Gasteiger partial charge in [-0.05, 0) is 47.9 Å². The molecule has 1 heterocycles. The molecule has 4 rings (SSSR count). The number of hydrogen-bond donors (Lipinski definition) is 1. The summed E-state index contributed by atoms with van der Waals surface area (Å²) in [6.07, 6.45) is 1.27. The van der Waals surface area contributed by atoms with Crippen LogP contribution in [0.4, 0.5) is 0 Å². The average Bonchev–Trinajstić information content (AvgIpc) is 2.68. The smallest absolute Gasteiger partial charge is 0.312 e. The van der Waals surface area contributed by atoms with Crippen LogP contribution < -0.4 is 9.47 Å². The van der Waals surface area contributed by atoms with Crippen LogP contribution >= 0.6 is 0 Å². The predicted molar refractivity (Wildman–Crippen MR) is 103 cm³/mol. The highest BCUT2D eigenvalue weighted by atomic mass is 16.5. The van der Waals surface area contributed by atoms with Crippen LogP contribution in [0.5, 0.6) is 23.0 Å². The Kier molecular flexibility index (Phi) is 4.55. The van der Waals surface area contributed by atoms with Gasteiger partial charge < -0.3 is 14.6 Å². The monoisotopic (exact) mass is 360 g/mol. The van der Waals surface area contributed by atoms with Gasteiger partial charge in [0, 0.05) is 17.5 Å². The number of carbonyl (C=O) groups excluding carboxylic acids is 1. The third-order valence-electron chi connectivity index (χ3n) is 4.82. The van der Waals surface area contributed by atoms with Gasteiger partial charge in [-0.1, -0.05) is 37.3 Å². The molecule has 1 aliphatic heterocycles. The van der Waals surface area contributed by atoms with Crippen molar-refractivity contribution in [3.63, 3.8) is 0 Å². The van der Waals surface area contributed by atoms with Crippen molar-refractivity contribution in [1.82, 2.24) is 0 Å². The molecule has 4 nitrogen and oxygen atoms in total. The molecule has 1 N–H and O–H groups in total. The standard InChI is InChI=1S/C23H20O4/c1-2-15-3-8-18(9-4-15)26-19-10-5-16(6-11-19)21-14-23(25)27-22-13-17(24)7-12-20(21)22/h3-13,21,24H,2,14H2,1H3. The van der Waals surface area contributed by atoms with E-state index in [4.69, 9.17) is 9.47 Å². The number of ether oxygens (including phenoxy) is 2. The Hall–Kier alpha value is -3.27. The number of benzene rings is 3. The van der Waals surface area contributed by atoms with E-state index in [1.54, 1.807) is 6.07 Å². The molecule has 0 fully saturated rings. The number of fused-ring (bicyclic) bond motifs is 1. The molecule has 136 valence electrons. The van der Waals surface area contributed by atoms with Gasteiger partial charge in [-0.2, -0.15) is 0 Å². The molecule has 0 aromatic heterocycles. The van der Waals surface area contributed by atoms with Crippen molar-refractivity contribution in [2.24, 2.45) is 0 Å². The molecule has 1 aliphatic rings. The fourth-order valence-corrected chi connectivity index (χ4v) is 3.34. The summed E-state index contributed by atoms with van der Waals surface area (Å²) in [5.74, 6) is 1.65. The minimum absolute atomic E-state index is 0.0834. The maximum Gasteiger partial charge on any atom is 0.312 e. The number of rotatable bonds is 4. The molecule has 0 bridgehead atoms. The third kappa shape index (κ3) is 3.65. The average molecular weight is 360 g/mol. The minimum Gasteiger partial charge on any atom is -0.508 e. The first-order chi connectivity index (χ1) is 13.1. The third-order valence-corrected chi connectivity index (χ3v) is 4.82. The van der Waals surface area contributed by atoms with Crippen molar-refractivity contribution in [3.05, 3.63) is 83.4 Å². The van der Waals surface area contributed by atoms with Crippen molar-refractivity contribution >= 4 is 5.97 Å². The number of phenols is 1. The van der Waals surface area contributed by atoms with E-state index in [1.165, 1.54) is 11.6 Å². The Labute approximate surface area is 158 Å². The van der Waals surface area contributed by atoms with Crippen LogP contribution in [0, 0.1) is 0 Å². The molecular formula is C23H20O4. The lowest BCUT2D eigenvalue weighted by atomic mass is 9.86. The zero-order valence-electron chi connectivity index (χ0n) is 15.0. The van der Waals surface area contributed by atoms with E-state index in [-0.39, 0.29) is 24.1 Å². The van der Waals surface area contributed by atoms with E-state index in [0.29, 0.717) is 5.75 Å². The van der Waals surface area contributed by atoms with Crippen LogP contribution in [0.2, 0.25) is 0 Å². The van der Waals surface area contributed by atoms with Gasteiger partial charge in [-0.3, -0.25) is 4.79 Å². The van der Waals surface area contributed by atoms with Gasteiger partial charge >= 0.3 is 5.97 Å². The van der Waals surface area contributed by atoms with E-state index in [2.05, 4.69) is 19.1 Å². The van der Waals surface area contributed by atoms with Gasteiger partial charge in [-0.15, -0.1) is 0 Å². The lowest BCUT2D eigenvalue weighted by molar-refractivity contribution is -0.135. The minimum atomic E-state index is -0.297.